The van der Waals surface area contributed by atoms with Gasteiger partial charge in [0.1, 0.15) is 6.04 Å². The second kappa shape index (κ2) is 11.0. The third kappa shape index (κ3) is 6.40. The van der Waals surface area contributed by atoms with E-state index in [9.17, 15) is 4.79 Å². The standard InChI is InChI=1S/C17H25N3O3.2ClH/c1-13-16(18-6-9-23-13)17(21)19-15-4-2-14(3-5-15)12-20-7-10-22-11-8-20;;/h2-5,13,16,18H,6-12H2,1H3,(H,19,21);2*1H/t13-,16+;;/m1../s1. The van der Waals surface area contributed by atoms with Gasteiger partial charge in [0, 0.05) is 31.9 Å². The minimum atomic E-state index is -0.295. The van der Waals surface area contributed by atoms with Crippen molar-refractivity contribution in [3.05, 3.63) is 29.8 Å². The summed E-state index contributed by atoms with van der Waals surface area (Å²) in [5.74, 6) is -0.0434. The maximum absolute atomic E-state index is 12.3. The zero-order chi connectivity index (χ0) is 16.1. The van der Waals surface area contributed by atoms with E-state index in [-0.39, 0.29) is 42.9 Å². The zero-order valence-corrected chi connectivity index (χ0v) is 16.0. The highest BCUT2D eigenvalue weighted by Gasteiger charge is 2.28. The van der Waals surface area contributed by atoms with Crippen molar-refractivity contribution in [2.75, 3.05) is 44.8 Å². The fourth-order valence-electron chi connectivity index (χ4n) is 2.96. The lowest BCUT2D eigenvalue weighted by Gasteiger charge is -2.29. The molecule has 2 saturated heterocycles. The highest BCUT2D eigenvalue weighted by Crippen LogP contribution is 2.14. The van der Waals surface area contributed by atoms with Gasteiger partial charge in [-0.25, -0.2) is 0 Å². The number of carbonyl (C=O) groups is 1. The fraction of sp³-hybridized carbons (Fsp3) is 0.588. The van der Waals surface area contributed by atoms with Crippen LogP contribution >= 0.6 is 24.8 Å². The second-order valence-electron chi connectivity index (χ2n) is 6.08. The third-order valence-electron chi connectivity index (χ3n) is 4.33. The quantitative estimate of drug-likeness (QED) is 0.817. The Bertz CT molecular complexity index is 524. The third-order valence-corrected chi connectivity index (χ3v) is 4.33. The summed E-state index contributed by atoms with van der Waals surface area (Å²) in [4.78, 5) is 14.7. The number of hydrogen-bond acceptors (Lipinski definition) is 5. The molecule has 2 atom stereocenters. The van der Waals surface area contributed by atoms with E-state index in [1.54, 1.807) is 0 Å². The summed E-state index contributed by atoms with van der Waals surface area (Å²) in [6.07, 6.45) is -0.107. The van der Waals surface area contributed by atoms with Crippen molar-refractivity contribution in [2.24, 2.45) is 0 Å². The molecule has 1 amide bonds. The van der Waals surface area contributed by atoms with Crippen LogP contribution in [-0.2, 0) is 20.8 Å². The largest absolute Gasteiger partial charge is 0.379 e. The van der Waals surface area contributed by atoms with Crippen molar-refractivity contribution in [3.63, 3.8) is 0 Å². The Hall–Kier alpha value is -0.890. The Morgan fingerprint density at radius 3 is 2.52 bits per heavy atom. The molecule has 0 aliphatic carbocycles. The summed E-state index contributed by atoms with van der Waals surface area (Å²) in [5, 5.41) is 6.16. The van der Waals surface area contributed by atoms with Crippen LogP contribution in [-0.4, -0.2) is 62.4 Å². The van der Waals surface area contributed by atoms with Crippen LogP contribution < -0.4 is 10.6 Å². The highest BCUT2D eigenvalue weighted by atomic mass is 35.5. The summed E-state index contributed by atoms with van der Waals surface area (Å²) in [6.45, 7) is 7.77. The summed E-state index contributed by atoms with van der Waals surface area (Å²) in [6, 6.07) is 7.76. The van der Waals surface area contributed by atoms with Crippen LogP contribution in [0.1, 0.15) is 12.5 Å². The highest BCUT2D eigenvalue weighted by molar-refractivity contribution is 5.95. The first-order chi connectivity index (χ1) is 11.2. The van der Waals surface area contributed by atoms with Gasteiger partial charge in [0.25, 0.3) is 0 Å². The molecular formula is C17H27Cl2N3O3. The van der Waals surface area contributed by atoms with Gasteiger partial charge in [-0.3, -0.25) is 9.69 Å². The van der Waals surface area contributed by atoms with Crippen molar-refractivity contribution in [2.45, 2.75) is 25.6 Å². The number of ether oxygens (including phenoxy) is 2. The topological polar surface area (TPSA) is 62.8 Å². The monoisotopic (exact) mass is 391 g/mol. The minimum Gasteiger partial charge on any atom is -0.379 e. The van der Waals surface area contributed by atoms with Gasteiger partial charge < -0.3 is 20.1 Å². The summed E-state index contributed by atoms with van der Waals surface area (Å²) >= 11 is 0. The SMILES string of the molecule is C[C@H]1OCCN[C@@H]1C(=O)Nc1ccc(CN2CCOCC2)cc1.Cl.Cl. The van der Waals surface area contributed by atoms with E-state index < -0.39 is 0 Å². The lowest BCUT2D eigenvalue weighted by atomic mass is 10.1. The lowest BCUT2D eigenvalue weighted by molar-refractivity contribution is -0.123. The molecule has 25 heavy (non-hydrogen) atoms. The van der Waals surface area contributed by atoms with Gasteiger partial charge in [-0.1, -0.05) is 12.1 Å². The molecule has 0 radical (unpaired) electrons. The van der Waals surface area contributed by atoms with Crippen LogP contribution in [0.15, 0.2) is 24.3 Å². The normalized spacial score (nSPS) is 23.9. The molecule has 6 nitrogen and oxygen atoms in total. The molecule has 0 unspecified atom stereocenters. The van der Waals surface area contributed by atoms with Gasteiger partial charge in [0.05, 0.1) is 25.9 Å². The molecule has 1 aromatic carbocycles. The Labute approximate surface area is 161 Å². The van der Waals surface area contributed by atoms with Crippen molar-refractivity contribution in [1.82, 2.24) is 10.2 Å². The van der Waals surface area contributed by atoms with E-state index in [1.165, 1.54) is 5.56 Å². The number of nitrogens with zero attached hydrogens (tertiary/aromatic N) is 1. The summed E-state index contributed by atoms with van der Waals surface area (Å²) in [7, 11) is 0. The first-order valence-electron chi connectivity index (χ1n) is 8.27. The molecule has 142 valence electrons. The Morgan fingerprint density at radius 1 is 1.20 bits per heavy atom. The van der Waals surface area contributed by atoms with Crippen LogP contribution in [0.5, 0.6) is 0 Å². The van der Waals surface area contributed by atoms with Gasteiger partial charge in [-0.05, 0) is 24.6 Å². The zero-order valence-electron chi connectivity index (χ0n) is 14.4. The van der Waals surface area contributed by atoms with Crippen LogP contribution in [0, 0.1) is 0 Å². The number of morpholine rings is 2. The molecular weight excluding hydrogens is 365 g/mol. The van der Waals surface area contributed by atoms with Crippen LogP contribution in [0.3, 0.4) is 0 Å². The molecule has 2 fully saturated rings. The number of amides is 1. The average Bonchev–Trinajstić information content (AvgIpc) is 2.58. The van der Waals surface area contributed by atoms with E-state index in [0.29, 0.717) is 13.2 Å². The van der Waals surface area contributed by atoms with Crippen LogP contribution in [0.25, 0.3) is 0 Å². The van der Waals surface area contributed by atoms with Crippen molar-refractivity contribution < 1.29 is 14.3 Å². The molecule has 0 bridgehead atoms. The van der Waals surface area contributed by atoms with Gasteiger partial charge in [0.15, 0.2) is 0 Å². The molecule has 2 heterocycles. The molecule has 0 saturated carbocycles. The Balaban J connectivity index is 0.00000156. The van der Waals surface area contributed by atoms with Gasteiger partial charge in [-0.2, -0.15) is 0 Å². The molecule has 0 spiro atoms. The maximum Gasteiger partial charge on any atom is 0.244 e. The van der Waals surface area contributed by atoms with Crippen LogP contribution in [0.2, 0.25) is 0 Å². The average molecular weight is 392 g/mol. The molecule has 3 rings (SSSR count). The number of hydrogen-bond donors (Lipinski definition) is 2. The number of nitrogens with one attached hydrogen (secondary N) is 2. The minimum absolute atomic E-state index is 0. The number of anilines is 1. The summed E-state index contributed by atoms with van der Waals surface area (Å²) < 4.78 is 10.9. The molecule has 2 N–H and O–H groups in total. The van der Waals surface area contributed by atoms with Gasteiger partial charge in [-0.15, -0.1) is 24.8 Å². The number of halogens is 2. The molecule has 8 heteroatoms. The molecule has 2 aliphatic rings. The number of rotatable bonds is 4. The van der Waals surface area contributed by atoms with E-state index in [4.69, 9.17) is 9.47 Å². The lowest BCUT2D eigenvalue weighted by Crippen LogP contribution is -2.53. The predicted molar refractivity (Wildman–Crippen MR) is 103 cm³/mol. The number of benzene rings is 1. The molecule has 0 aromatic heterocycles. The second-order valence-corrected chi connectivity index (χ2v) is 6.08. The predicted octanol–water partition coefficient (Wildman–Crippen LogP) is 1.68. The van der Waals surface area contributed by atoms with E-state index in [0.717, 1.165) is 38.5 Å². The van der Waals surface area contributed by atoms with Crippen molar-refractivity contribution in [3.8, 4) is 0 Å². The Morgan fingerprint density at radius 2 is 1.88 bits per heavy atom. The van der Waals surface area contributed by atoms with Crippen LogP contribution in [0.4, 0.5) is 5.69 Å². The van der Waals surface area contributed by atoms with E-state index in [1.807, 2.05) is 19.1 Å². The first kappa shape index (κ1) is 22.2. The van der Waals surface area contributed by atoms with Crippen molar-refractivity contribution >= 4 is 36.4 Å². The molecule has 2 aliphatic heterocycles. The smallest absolute Gasteiger partial charge is 0.244 e. The fourth-order valence-corrected chi connectivity index (χ4v) is 2.96. The Kier molecular flexibility index (Phi) is 9.71. The first-order valence-corrected chi connectivity index (χ1v) is 8.27. The van der Waals surface area contributed by atoms with Gasteiger partial charge in [0.2, 0.25) is 5.91 Å². The maximum atomic E-state index is 12.3. The summed E-state index contributed by atoms with van der Waals surface area (Å²) in [5.41, 5.74) is 2.07. The van der Waals surface area contributed by atoms with E-state index >= 15 is 0 Å². The van der Waals surface area contributed by atoms with E-state index in [2.05, 4.69) is 27.7 Å². The number of carbonyl (C=O) groups excluding carboxylic acids is 1. The van der Waals surface area contributed by atoms with Crippen molar-refractivity contribution in [1.29, 1.82) is 0 Å². The van der Waals surface area contributed by atoms with Gasteiger partial charge >= 0.3 is 0 Å². The molecule has 1 aromatic rings.